The summed E-state index contributed by atoms with van der Waals surface area (Å²) in [5.41, 5.74) is 1.80. The first-order valence-electron chi connectivity index (χ1n) is 8.89. The molecule has 2 aromatic heterocycles. The topological polar surface area (TPSA) is 77.3 Å². The highest BCUT2D eigenvalue weighted by atomic mass is 32.1. The number of cyclic esters (lactones) is 2. The van der Waals surface area contributed by atoms with Gasteiger partial charge in [0.15, 0.2) is 11.4 Å². The molecule has 146 valence electrons. The van der Waals surface area contributed by atoms with Crippen LogP contribution in [0.5, 0.6) is 0 Å². The molecule has 5 rings (SSSR count). The van der Waals surface area contributed by atoms with Crippen LogP contribution in [-0.4, -0.2) is 23.7 Å². The summed E-state index contributed by atoms with van der Waals surface area (Å²) in [5, 5.41) is 3.85. The van der Waals surface area contributed by atoms with Gasteiger partial charge < -0.3 is 9.47 Å². The number of aliphatic imine (C=N–C) groups is 2. The van der Waals surface area contributed by atoms with Gasteiger partial charge in [0.2, 0.25) is 11.8 Å². The Morgan fingerprint density at radius 1 is 0.667 bits per heavy atom. The summed E-state index contributed by atoms with van der Waals surface area (Å²) < 4.78 is 10.6. The number of hydrogen-bond donors (Lipinski definition) is 0. The Hall–Kier alpha value is -3.62. The van der Waals surface area contributed by atoms with Crippen LogP contribution in [0.1, 0.15) is 20.9 Å². The second-order valence-corrected chi connectivity index (χ2v) is 8.24. The highest BCUT2D eigenvalue weighted by Crippen LogP contribution is 2.23. The summed E-state index contributed by atoms with van der Waals surface area (Å²) in [7, 11) is 0. The normalized spacial score (nSPS) is 18.5. The molecule has 0 unspecified atom stereocenters. The number of carbonyl (C=O) groups is 2. The lowest BCUT2D eigenvalue weighted by Gasteiger charge is -2.02. The molecule has 6 nitrogen and oxygen atoms in total. The minimum absolute atomic E-state index is 0.234. The molecule has 2 aliphatic heterocycles. The SMILES string of the molecule is O=C1OC(c2ccc(C3=N/C(=C/c4cccs4)C(=O)O3)cc2)=N/C1=C\c1cccs1. The average molecular weight is 432 g/mol. The van der Waals surface area contributed by atoms with Crippen LogP contribution in [0.2, 0.25) is 0 Å². The number of ether oxygens (including phenoxy) is 2. The maximum Gasteiger partial charge on any atom is 0.363 e. The number of nitrogens with zero attached hydrogens (tertiary/aromatic N) is 2. The van der Waals surface area contributed by atoms with E-state index in [1.807, 2.05) is 35.0 Å². The lowest BCUT2D eigenvalue weighted by Crippen LogP contribution is -2.07. The Bertz CT molecular complexity index is 1150. The molecule has 0 saturated carbocycles. The van der Waals surface area contributed by atoms with Gasteiger partial charge in [-0.1, -0.05) is 12.1 Å². The molecule has 0 atom stereocenters. The zero-order chi connectivity index (χ0) is 20.5. The van der Waals surface area contributed by atoms with Crippen LogP contribution in [-0.2, 0) is 19.1 Å². The number of thiophene rings is 2. The van der Waals surface area contributed by atoms with Gasteiger partial charge in [0.25, 0.3) is 0 Å². The molecule has 1 aromatic carbocycles. The summed E-state index contributed by atoms with van der Waals surface area (Å²) in [5.74, 6) is -0.504. The molecular formula is C22H12N2O4S2. The highest BCUT2D eigenvalue weighted by molar-refractivity contribution is 7.11. The fourth-order valence-corrected chi connectivity index (χ4v) is 4.14. The van der Waals surface area contributed by atoms with E-state index in [4.69, 9.17) is 9.47 Å². The van der Waals surface area contributed by atoms with E-state index in [1.54, 1.807) is 36.4 Å². The predicted octanol–water partition coefficient (Wildman–Crippen LogP) is 4.50. The van der Waals surface area contributed by atoms with Crippen molar-refractivity contribution in [2.24, 2.45) is 9.98 Å². The number of benzene rings is 1. The monoisotopic (exact) mass is 432 g/mol. The van der Waals surface area contributed by atoms with E-state index < -0.39 is 11.9 Å². The Kier molecular flexibility index (Phi) is 4.70. The number of rotatable bonds is 4. The molecule has 3 aromatic rings. The van der Waals surface area contributed by atoms with Crippen molar-refractivity contribution in [2.75, 3.05) is 0 Å². The van der Waals surface area contributed by atoms with Gasteiger partial charge in [-0.05, 0) is 59.3 Å². The molecule has 8 heteroatoms. The first kappa shape index (κ1) is 18.4. The van der Waals surface area contributed by atoms with Crippen LogP contribution >= 0.6 is 22.7 Å². The number of carbonyl (C=O) groups excluding carboxylic acids is 2. The summed E-state index contributed by atoms with van der Waals surface area (Å²) in [4.78, 5) is 34.6. The summed E-state index contributed by atoms with van der Waals surface area (Å²) >= 11 is 3.03. The third-order valence-electron chi connectivity index (χ3n) is 4.26. The Morgan fingerprint density at radius 3 is 1.47 bits per heavy atom. The Balaban J connectivity index is 1.38. The van der Waals surface area contributed by atoms with E-state index >= 15 is 0 Å². The first-order chi connectivity index (χ1) is 14.7. The molecule has 0 fully saturated rings. The zero-order valence-electron chi connectivity index (χ0n) is 15.3. The van der Waals surface area contributed by atoms with Gasteiger partial charge in [0.1, 0.15) is 0 Å². The van der Waals surface area contributed by atoms with E-state index in [1.165, 1.54) is 22.7 Å². The van der Waals surface area contributed by atoms with E-state index in [0.29, 0.717) is 11.1 Å². The van der Waals surface area contributed by atoms with Crippen molar-refractivity contribution in [2.45, 2.75) is 0 Å². The van der Waals surface area contributed by atoms with Crippen LogP contribution in [0, 0.1) is 0 Å². The van der Waals surface area contributed by atoms with E-state index in [-0.39, 0.29) is 23.2 Å². The van der Waals surface area contributed by atoms with Crippen molar-refractivity contribution in [1.29, 1.82) is 0 Å². The molecule has 0 spiro atoms. The molecule has 0 bridgehead atoms. The maximum atomic E-state index is 12.1. The van der Waals surface area contributed by atoms with Crippen LogP contribution in [0.15, 0.2) is 80.7 Å². The fourth-order valence-electron chi connectivity index (χ4n) is 2.84. The highest BCUT2D eigenvalue weighted by Gasteiger charge is 2.26. The van der Waals surface area contributed by atoms with Crippen molar-refractivity contribution in [3.63, 3.8) is 0 Å². The summed E-state index contributed by atoms with van der Waals surface area (Å²) in [6, 6.07) is 14.6. The molecule has 4 heterocycles. The van der Waals surface area contributed by atoms with E-state index in [2.05, 4.69) is 9.98 Å². The van der Waals surface area contributed by atoms with Crippen LogP contribution < -0.4 is 0 Å². The lowest BCUT2D eigenvalue weighted by molar-refractivity contribution is -0.130. The Labute approximate surface area is 179 Å². The summed E-state index contributed by atoms with van der Waals surface area (Å²) in [6.45, 7) is 0. The van der Waals surface area contributed by atoms with Crippen molar-refractivity contribution >= 4 is 58.6 Å². The van der Waals surface area contributed by atoms with E-state index in [9.17, 15) is 9.59 Å². The second kappa shape index (κ2) is 7.66. The van der Waals surface area contributed by atoms with Gasteiger partial charge in [-0.2, -0.15) is 0 Å². The van der Waals surface area contributed by atoms with Gasteiger partial charge >= 0.3 is 11.9 Å². The largest absolute Gasteiger partial charge is 0.402 e. The smallest absolute Gasteiger partial charge is 0.363 e. The zero-order valence-corrected chi connectivity index (χ0v) is 16.9. The molecular weight excluding hydrogens is 420 g/mol. The van der Waals surface area contributed by atoms with Crippen LogP contribution in [0.4, 0.5) is 0 Å². The molecule has 0 N–H and O–H groups in total. The average Bonchev–Trinajstić information content (AvgIpc) is 3.54. The first-order valence-corrected chi connectivity index (χ1v) is 10.6. The molecule has 30 heavy (non-hydrogen) atoms. The lowest BCUT2D eigenvalue weighted by atomic mass is 10.1. The fraction of sp³-hybridized carbons (Fsp3) is 0. The van der Waals surface area contributed by atoms with Gasteiger partial charge in [0.05, 0.1) is 0 Å². The van der Waals surface area contributed by atoms with Crippen molar-refractivity contribution < 1.29 is 19.1 Å². The standard InChI is InChI=1S/C22H12N2O4S2/c25-21-17(11-15-3-1-9-29-15)23-19(27-21)13-5-7-14(8-6-13)20-24-18(22(26)28-20)12-16-4-2-10-30-16/h1-12H/b17-11-,18-12+. The molecule has 0 saturated heterocycles. The number of esters is 2. The quantitative estimate of drug-likeness (QED) is 0.449. The van der Waals surface area contributed by atoms with Crippen molar-refractivity contribution in [1.82, 2.24) is 0 Å². The predicted molar refractivity (Wildman–Crippen MR) is 116 cm³/mol. The van der Waals surface area contributed by atoms with Crippen LogP contribution in [0.25, 0.3) is 12.2 Å². The van der Waals surface area contributed by atoms with Gasteiger partial charge in [-0.15, -0.1) is 22.7 Å². The van der Waals surface area contributed by atoms with Crippen molar-refractivity contribution in [3.05, 3.63) is 91.6 Å². The van der Waals surface area contributed by atoms with Crippen molar-refractivity contribution in [3.8, 4) is 0 Å². The maximum absolute atomic E-state index is 12.1. The molecule has 0 radical (unpaired) electrons. The van der Waals surface area contributed by atoms with Gasteiger partial charge in [0, 0.05) is 20.9 Å². The molecule has 2 aliphatic rings. The van der Waals surface area contributed by atoms with Gasteiger partial charge in [-0.25, -0.2) is 19.6 Å². The van der Waals surface area contributed by atoms with E-state index in [0.717, 1.165) is 9.75 Å². The summed E-state index contributed by atoms with van der Waals surface area (Å²) in [6.07, 6.45) is 3.39. The second-order valence-electron chi connectivity index (χ2n) is 6.28. The van der Waals surface area contributed by atoms with Gasteiger partial charge in [-0.3, -0.25) is 0 Å². The molecule has 0 amide bonds. The minimum Gasteiger partial charge on any atom is -0.402 e. The third-order valence-corrected chi connectivity index (χ3v) is 5.90. The van der Waals surface area contributed by atoms with Crippen LogP contribution in [0.3, 0.4) is 0 Å². The Morgan fingerprint density at radius 2 is 1.10 bits per heavy atom. The minimum atomic E-state index is -0.486. The number of hydrogen-bond acceptors (Lipinski definition) is 8. The molecule has 0 aliphatic carbocycles. The third kappa shape index (κ3) is 3.66.